The molecule has 1 saturated heterocycles. The van der Waals surface area contributed by atoms with Gasteiger partial charge >= 0.3 is 0 Å². The smallest absolute Gasteiger partial charge is 0.216 e. The van der Waals surface area contributed by atoms with Crippen molar-refractivity contribution in [3.05, 3.63) is 18.1 Å². The van der Waals surface area contributed by atoms with Gasteiger partial charge in [-0.05, 0) is 13.3 Å². The van der Waals surface area contributed by atoms with Crippen molar-refractivity contribution in [3.63, 3.8) is 0 Å². The molecule has 1 aliphatic carbocycles. The van der Waals surface area contributed by atoms with E-state index in [4.69, 9.17) is 4.74 Å². The van der Waals surface area contributed by atoms with Crippen LogP contribution in [0.1, 0.15) is 12.1 Å². The summed E-state index contributed by atoms with van der Waals surface area (Å²) in [6.07, 6.45) is 3.25. The van der Waals surface area contributed by atoms with Crippen LogP contribution in [0.4, 0.5) is 0 Å². The van der Waals surface area contributed by atoms with E-state index in [0.29, 0.717) is 17.9 Å². The van der Waals surface area contributed by atoms with Gasteiger partial charge in [-0.3, -0.25) is 0 Å². The number of aromatic nitrogens is 2. The lowest BCUT2D eigenvalue weighted by atomic mass is 9.69. The minimum atomic E-state index is 0. The largest absolute Gasteiger partial charge is 0.474 e. The number of nitrogens with one attached hydrogen (secondary N) is 1. The van der Waals surface area contributed by atoms with Gasteiger partial charge in [0.05, 0.1) is 0 Å². The Morgan fingerprint density at radius 3 is 2.69 bits per heavy atom. The van der Waals surface area contributed by atoms with Crippen LogP contribution in [-0.4, -0.2) is 29.2 Å². The lowest BCUT2D eigenvalue weighted by Gasteiger charge is -2.48. The summed E-state index contributed by atoms with van der Waals surface area (Å²) in [4.78, 5) is 8.19. The fraction of sp³-hybridized carbons (Fsp3) is 0.636. The number of hydrogen-bond acceptors (Lipinski definition) is 4. The van der Waals surface area contributed by atoms with Crippen molar-refractivity contribution in [2.75, 3.05) is 13.1 Å². The van der Waals surface area contributed by atoms with Gasteiger partial charge in [0, 0.05) is 36.7 Å². The topological polar surface area (TPSA) is 47.0 Å². The Kier molecular flexibility index (Phi) is 3.30. The van der Waals surface area contributed by atoms with Gasteiger partial charge in [-0.25, -0.2) is 9.97 Å². The van der Waals surface area contributed by atoms with Gasteiger partial charge in [0.1, 0.15) is 12.4 Å². The van der Waals surface area contributed by atoms with E-state index in [9.17, 15) is 0 Å². The molecule has 1 aromatic rings. The fourth-order valence-corrected chi connectivity index (χ4v) is 2.53. The van der Waals surface area contributed by atoms with Crippen molar-refractivity contribution in [2.24, 2.45) is 11.8 Å². The maximum Gasteiger partial charge on any atom is 0.216 e. The molecule has 0 radical (unpaired) electrons. The highest BCUT2D eigenvalue weighted by atomic mass is 35.5. The van der Waals surface area contributed by atoms with Gasteiger partial charge in [0.15, 0.2) is 0 Å². The third kappa shape index (κ3) is 1.99. The van der Waals surface area contributed by atoms with Crippen LogP contribution in [0.2, 0.25) is 0 Å². The Hall–Kier alpha value is -0.870. The van der Waals surface area contributed by atoms with Crippen molar-refractivity contribution < 1.29 is 4.74 Å². The molecule has 16 heavy (non-hydrogen) atoms. The molecular formula is C11H16ClN3O. The molecule has 2 bridgehead atoms. The maximum atomic E-state index is 5.91. The van der Waals surface area contributed by atoms with E-state index in [-0.39, 0.29) is 12.4 Å². The second kappa shape index (κ2) is 4.55. The van der Waals surface area contributed by atoms with E-state index in [1.807, 2.05) is 13.0 Å². The summed E-state index contributed by atoms with van der Waals surface area (Å²) in [6.45, 7) is 4.13. The molecule has 88 valence electrons. The molecule has 1 N–H and O–H groups in total. The molecule has 4 nitrogen and oxygen atoms in total. The Morgan fingerprint density at radius 2 is 2.06 bits per heavy atom. The highest BCUT2D eigenvalue weighted by Crippen LogP contribution is 2.39. The van der Waals surface area contributed by atoms with E-state index >= 15 is 0 Å². The first-order chi connectivity index (χ1) is 7.33. The molecule has 1 saturated carbocycles. The fourth-order valence-electron chi connectivity index (χ4n) is 2.53. The molecule has 2 heterocycles. The Morgan fingerprint density at radius 1 is 1.31 bits per heavy atom. The summed E-state index contributed by atoms with van der Waals surface area (Å²) in [7, 11) is 0. The van der Waals surface area contributed by atoms with Crippen molar-refractivity contribution >= 4 is 12.4 Å². The monoisotopic (exact) mass is 241 g/mol. The van der Waals surface area contributed by atoms with Gasteiger partial charge < -0.3 is 10.1 Å². The molecule has 0 spiro atoms. The van der Waals surface area contributed by atoms with Crippen molar-refractivity contribution in [2.45, 2.75) is 19.4 Å². The Labute approximate surface area is 101 Å². The van der Waals surface area contributed by atoms with E-state index in [0.717, 1.165) is 24.7 Å². The van der Waals surface area contributed by atoms with Gasteiger partial charge in [-0.2, -0.15) is 0 Å². The molecule has 2 fully saturated rings. The summed E-state index contributed by atoms with van der Waals surface area (Å²) < 4.78 is 5.91. The lowest BCUT2D eigenvalue weighted by molar-refractivity contribution is -0.0471. The zero-order valence-electron chi connectivity index (χ0n) is 9.22. The van der Waals surface area contributed by atoms with Crippen LogP contribution in [0.3, 0.4) is 0 Å². The minimum Gasteiger partial charge on any atom is -0.474 e. The molecule has 3 rings (SSSR count). The molecule has 0 amide bonds. The molecular weight excluding hydrogens is 226 g/mol. The number of hydrogen-bond donors (Lipinski definition) is 1. The number of nitrogens with zero attached hydrogens (tertiary/aromatic N) is 2. The van der Waals surface area contributed by atoms with Gasteiger partial charge in [-0.1, -0.05) is 0 Å². The van der Waals surface area contributed by atoms with Crippen LogP contribution in [0.5, 0.6) is 5.88 Å². The van der Waals surface area contributed by atoms with Gasteiger partial charge in [-0.15, -0.1) is 12.4 Å². The standard InChI is InChI=1S/C11H15N3O.ClH/c1-7-2-10(14-6-13-7)15-11-8-3-9(11)5-12-4-8;/h2,6,8-9,11-12H,3-5H2,1H3;1H/t8-,9+,11?;. The lowest BCUT2D eigenvalue weighted by Crippen LogP contribution is -2.59. The minimum absolute atomic E-state index is 0. The number of aryl methyl sites for hydroxylation is 1. The molecule has 5 heteroatoms. The molecule has 3 atom stereocenters. The van der Waals surface area contributed by atoms with E-state index in [2.05, 4.69) is 15.3 Å². The van der Waals surface area contributed by atoms with Gasteiger partial charge in [0.2, 0.25) is 5.88 Å². The first-order valence-electron chi connectivity index (χ1n) is 5.49. The highest BCUT2D eigenvalue weighted by Gasteiger charge is 2.45. The average molecular weight is 242 g/mol. The van der Waals surface area contributed by atoms with Crippen LogP contribution in [0.25, 0.3) is 0 Å². The van der Waals surface area contributed by atoms with Crippen LogP contribution in [0, 0.1) is 18.8 Å². The second-order valence-corrected chi connectivity index (χ2v) is 4.49. The van der Waals surface area contributed by atoms with E-state index in [1.165, 1.54) is 6.42 Å². The first kappa shape index (κ1) is 11.6. The van der Waals surface area contributed by atoms with Crippen LogP contribution >= 0.6 is 12.4 Å². The Balaban J connectivity index is 0.000000963. The van der Waals surface area contributed by atoms with Crippen LogP contribution < -0.4 is 10.1 Å². The van der Waals surface area contributed by atoms with Crippen LogP contribution in [0.15, 0.2) is 12.4 Å². The zero-order chi connectivity index (χ0) is 10.3. The third-order valence-corrected chi connectivity index (χ3v) is 3.38. The predicted octanol–water partition coefficient (Wildman–Crippen LogP) is 1.19. The number of rotatable bonds is 2. The number of halogens is 1. The summed E-state index contributed by atoms with van der Waals surface area (Å²) in [5, 5.41) is 3.40. The van der Waals surface area contributed by atoms with Gasteiger partial charge in [0.25, 0.3) is 0 Å². The quantitative estimate of drug-likeness (QED) is 0.845. The average Bonchev–Trinajstić information content (AvgIpc) is 2.27. The first-order valence-corrected chi connectivity index (χ1v) is 5.49. The molecule has 2 aliphatic rings. The summed E-state index contributed by atoms with van der Waals surface area (Å²) in [5.41, 5.74) is 0.961. The number of ether oxygens (including phenoxy) is 1. The molecule has 1 unspecified atom stereocenters. The second-order valence-electron chi connectivity index (χ2n) is 4.49. The zero-order valence-corrected chi connectivity index (χ0v) is 10.0. The number of fused-ring (bicyclic) bond motifs is 2. The number of piperidine rings is 2. The Bertz CT molecular complexity index is 360. The third-order valence-electron chi connectivity index (χ3n) is 3.38. The normalized spacial score (nSPS) is 31.2. The summed E-state index contributed by atoms with van der Waals surface area (Å²) in [5.74, 6) is 2.09. The van der Waals surface area contributed by atoms with E-state index < -0.39 is 0 Å². The summed E-state index contributed by atoms with van der Waals surface area (Å²) >= 11 is 0. The maximum absolute atomic E-state index is 5.91. The molecule has 0 aromatic carbocycles. The predicted molar refractivity (Wildman–Crippen MR) is 62.9 cm³/mol. The van der Waals surface area contributed by atoms with Crippen molar-refractivity contribution in [1.82, 2.24) is 15.3 Å². The molecule has 1 aromatic heterocycles. The van der Waals surface area contributed by atoms with Crippen molar-refractivity contribution in [1.29, 1.82) is 0 Å². The molecule has 1 aliphatic heterocycles. The van der Waals surface area contributed by atoms with E-state index in [1.54, 1.807) is 6.33 Å². The highest BCUT2D eigenvalue weighted by molar-refractivity contribution is 5.85. The van der Waals surface area contributed by atoms with Crippen molar-refractivity contribution in [3.8, 4) is 5.88 Å². The SMILES string of the molecule is Cc1cc(OC2[C@@H]3CNC[C@H]2C3)ncn1.Cl. The van der Waals surface area contributed by atoms with Crippen LogP contribution in [-0.2, 0) is 0 Å². The summed E-state index contributed by atoms with van der Waals surface area (Å²) in [6, 6.07) is 1.90.